The average Bonchev–Trinajstić information content (AvgIpc) is 2.10. The number of nitrogens with one attached hydrogen (secondary N) is 2. The number of hydrogen-bond acceptors (Lipinski definition) is 3. The molecule has 0 unspecified atom stereocenters. The number of alkyl halides is 1. The minimum absolute atomic E-state index is 0.0671. The van der Waals surface area contributed by atoms with Crippen molar-refractivity contribution in [2.75, 3.05) is 17.5 Å². The average molecular weight is 301 g/mol. The topological polar surface area (TPSA) is 104 Å². The van der Waals surface area contributed by atoms with Gasteiger partial charge >= 0.3 is 12.0 Å². The summed E-state index contributed by atoms with van der Waals surface area (Å²) in [4.78, 5) is 21.1. The fourth-order valence-corrected chi connectivity index (χ4v) is 0.783. The summed E-state index contributed by atoms with van der Waals surface area (Å²) in [7, 11) is 0. The lowest BCUT2D eigenvalue weighted by Crippen LogP contribution is -2.46. The number of hydrogen-bond donors (Lipinski definition) is 4. The normalized spacial score (nSPS) is 11.8. The molecule has 0 aliphatic heterocycles. The maximum Gasteiger partial charge on any atom is 0.322 e. The predicted octanol–water partition coefficient (Wildman–Crippen LogP) is -0.867. The van der Waals surface area contributed by atoms with Crippen molar-refractivity contribution in [1.82, 2.24) is 10.6 Å². The van der Waals surface area contributed by atoms with E-state index in [2.05, 4.69) is 33.2 Å². The first-order valence-electron chi connectivity index (χ1n) is 3.64. The number of nitrogens with two attached hydrogens (primary N) is 1. The molecule has 0 heterocycles. The summed E-state index contributed by atoms with van der Waals surface area (Å²) in [5.41, 5.74) is 5.15. The molecule has 5 N–H and O–H groups in total. The monoisotopic (exact) mass is 301 g/mol. The first-order chi connectivity index (χ1) is 6.07. The van der Waals surface area contributed by atoms with E-state index in [1.165, 1.54) is 0 Å². The van der Waals surface area contributed by atoms with Crippen LogP contribution in [-0.2, 0) is 4.79 Å². The highest BCUT2D eigenvalue weighted by atomic mass is 127. The molecule has 2 amide bonds. The van der Waals surface area contributed by atoms with Gasteiger partial charge in [-0.05, 0) is 0 Å². The molecule has 0 aliphatic rings. The first kappa shape index (κ1) is 12.4. The number of halogens is 1. The molecule has 0 aromatic carbocycles. The highest BCUT2D eigenvalue weighted by Gasteiger charge is 2.11. The maximum absolute atomic E-state index is 10.9. The number of carboxylic acids is 1. The van der Waals surface area contributed by atoms with E-state index in [1.807, 2.05) is 0 Å². The lowest BCUT2D eigenvalue weighted by Gasteiger charge is -2.08. The van der Waals surface area contributed by atoms with Gasteiger partial charge in [-0.3, -0.25) is 4.79 Å². The van der Waals surface area contributed by atoms with Gasteiger partial charge < -0.3 is 21.5 Å². The van der Waals surface area contributed by atoms with Crippen LogP contribution in [0.2, 0.25) is 0 Å². The summed E-state index contributed by atoms with van der Waals surface area (Å²) in [6.45, 7) is 0.483. The van der Waals surface area contributed by atoms with Crippen LogP contribution < -0.4 is 16.4 Å². The quantitative estimate of drug-likeness (QED) is 0.391. The number of amides is 2. The van der Waals surface area contributed by atoms with Crippen LogP contribution in [0.5, 0.6) is 0 Å². The zero-order valence-corrected chi connectivity index (χ0v) is 9.08. The minimum atomic E-state index is -1.13. The molecule has 1 atom stereocenters. The van der Waals surface area contributed by atoms with Crippen molar-refractivity contribution in [1.29, 1.82) is 0 Å². The van der Waals surface area contributed by atoms with Gasteiger partial charge in [0.2, 0.25) is 0 Å². The van der Waals surface area contributed by atoms with E-state index < -0.39 is 18.0 Å². The second-order valence-corrected chi connectivity index (χ2v) is 3.35. The molecule has 76 valence electrons. The molecular weight excluding hydrogens is 289 g/mol. The van der Waals surface area contributed by atoms with E-state index >= 15 is 0 Å². The Morgan fingerprint density at radius 1 is 1.46 bits per heavy atom. The van der Waals surface area contributed by atoms with E-state index in [0.29, 0.717) is 6.54 Å². The Balaban J connectivity index is 3.52. The van der Waals surface area contributed by atoms with Gasteiger partial charge in [-0.25, -0.2) is 4.79 Å². The van der Waals surface area contributed by atoms with E-state index in [4.69, 9.17) is 10.8 Å². The summed E-state index contributed by atoms with van der Waals surface area (Å²) in [5.74, 6) is -1.13. The van der Waals surface area contributed by atoms with Gasteiger partial charge in [0.15, 0.2) is 0 Å². The molecule has 6 nitrogen and oxygen atoms in total. The van der Waals surface area contributed by atoms with Crippen molar-refractivity contribution in [3.8, 4) is 0 Å². The number of rotatable bonds is 5. The van der Waals surface area contributed by atoms with Crippen LogP contribution in [0.15, 0.2) is 0 Å². The van der Waals surface area contributed by atoms with Gasteiger partial charge in [-0.15, -0.1) is 0 Å². The molecule has 0 saturated heterocycles. The van der Waals surface area contributed by atoms with Gasteiger partial charge in [-0.1, -0.05) is 22.6 Å². The summed E-state index contributed by atoms with van der Waals surface area (Å²) < 4.78 is 0.802. The molecule has 0 radical (unpaired) electrons. The number of aliphatic carboxylic acids is 1. The van der Waals surface area contributed by atoms with Crippen LogP contribution in [0.25, 0.3) is 0 Å². The molecule has 0 spiro atoms. The van der Waals surface area contributed by atoms with Crippen LogP contribution in [0.3, 0.4) is 0 Å². The van der Waals surface area contributed by atoms with E-state index in [-0.39, 0.29) is 6.54 Å². The molecule has 0 rings (SSSR count). The van der Waals surface area contributed by atoms with Crippen LogP contribution in [-0.4, -0.2) is 40.7 Å². The molecule has 0 saturated carbocycles. The summed E-state index contributed by atoms with van der Waals surface area (Å²) in [6.07, 6.45) is 0. The summed E-state index contributed by atoms with van der Waals surface area (Å²) >= 11 is 2.11. The largest absolute Gasteiger partial charge is 0.480 e. The van der Waals surface area contributed by atoms with Crippen LogP contribution in [0.1, 0.15) is 0 Å². The van der Waals surface area contributed by atoms with Crippen molar-refractivity contribution < 1.29 is 14.7 Å². The number of carboxylic acid groups (broad SMARTS) is 1. The van der Waals surface area contributed by atoms with Gasteiger partial charge in [0.1, 0.15) is 6.04 Å². The van der Waals surface area contributed by atoms with Crippen molar-refractivity contribution in [2.45, 2.75) is 6.04 Å². The molecule has 0 aliphatic carbocycles. The number of carbonyl (C=O) groups is 2. The highest BCUT2D eigenvalue weighted by Crippen LogP contribution is 1.78. The smallest absolute Gasteiger partial charge is 0.322 e. The Morgan fingerprint density at radius 2 is 2.08 bits per heavy atom. The summed E-state index contributed by atoms with van der Waals surface area (Å²) in [6, 6.07) is -1.45. The zero-order chi connectivity index (χ0) is 10.3. The van der Waals surface area contributed by atoms with Crippen molar-refractivity contribution in [2.24, 2.45) is 5.73 Å². The predicted molar refractivity (Wildman–Crippen MR) is 55.9 cm³/mol. The highest BCUT2D eigenvalue weighted by molar-refractivity contribution is 14.1. The van der Waals surface area contributed by atoms with E-state index in [0.717, 1.165) is 4.43 Å². The van der Waals surface area contributed by atoms with Crippen LogP contribution in [0.4, 0.5) is 4.79 Å². The fraction of sp³-hybridized carbons (Fsp3) is 0.667. The number of urea groups is 1. The number of carbonyl (C=O) groups excluding carboxylic acids is 1. The Labute approximate surface area is 89.4 Å². The molecule has 0 bridgehead atoms. The molecule has 0 aromatic rings. The Bertz CT molecular complexity index is 188. The van der Waals surface area contributed by atoms with Crippen molar-refractivity contribution >= 4 is 34.6 Å². The van der Waals surface area contributed by atoms with Crippen LogP contribution in [0, 0.1) is 0 Å². The molecule has 13 heavy (non-hydrogen) atoms. The maximum atomic E-state index is 10.9. The molecule has 0 fully saturated rings. The van der Waals surface area contributed by atoms with Gasteiger partial charge in [0.25, 0.3) is 0 Å². The van der Waals surface area contributed by atoms with Crippen molar-refractivity contribution in [3.05, 3.63) is 0 Å². The summed E-state index contributed by atoms with van der Waals surface area (Å²) in [5, 5.41) is 13.2. The second-order valence-electron chi connectivity index (χ2n) is 2.27. The molecule has 7 heteroatoms. The molecule has 0 aromatic heterocycles. The minimum Gasteiger partial charge on any atom is -0.480 e. The van der Waals surface area contributed by atoms with Crippen molar-refractivity contribution in [3.63, 3.8) is 0 Å². The lowest BCUT2D eigenvalue weighted by atomic mass is 10.3. The van der Waals surface area contributed by atoms with Gasteiger partial charge in [0, 0.05) is 17.5 Å². The van der Waals surface area contributed by atoms with Crippen LogP contribution >= 0.6 is 22.6 Å². The Morgan fingerprint density at radius 3 is 2.54 bits per heavy atom. The standard InChI is InChI=1S/C6H12IN3O3/c7-1-2-9-6(13)10-3-4(8)5(11)12/h4H,1-3,8H2,(H,11,12)(H2,9,10,13)/t4-/m0/s1. The second kappa shape index (κ2) is 6.89. The Kier molecular flexibility index (Phi) is 6.59. The third-order valence-electron chi connectivity index (χ3n) is 1.18. The first-order valence-corrected chi connectivity index (χ1v) is 5.16. The third kappa shape index (κ3) is 6.58. The third-order valence-corrected chi connectivity index (χ3v) is 1.72. The van der Waals surface area contributed by atoms with Gasteiger partial charge in [-0.2, -0.15) is 0 Å². The molecular formula is C6H12IN3O3. The van der Waals surface area contributed by atoms with Gasteiger partial charge in [0.05, 0.1) is 0 Å². The zero-order valence-electron chi connectivity index (χ0n) is 6.92. The SMILES string of the molecule is N[C@@H](CNC(=O)NCCI)C(=O)O. The Hall–Kier alpha value is -0.570. The van der Waals surface area contributed by atoms with E-state index in [9.17, 15) is 9.59 Å². The lowest BCUT2D eigenvalue weighted by molar-refractivity contribution is -0.138. The van der Waals surface area contributed by atoms with E-state index in [1.54, 1.807) is 0 Å². The fourth-order valence-electron chi connectivity index (χ4n) is 0.513.